The van der Waals surface area contributed by atoms with Crippen LogP contribution in [0.2, 0.25) is 5.02 Å². The van der Waals surface area contributed by atoms with Crippen molar-refractivity contribution in [2.45, 2.75) is 16.9 Å². The molecule has 4 nitrogen and oxygen atoms in total. The highest BCUT2D eigenvalue weighted by atomic mass is 35.5. The van der Waals surface area contributed by atoms with E-state index < -0.39 is 5.44 Å². The summed E-state index contributed by atoms with van der Waals surface area (Å²) in [5.74, 6) is -0.121. The number of anilines is 1. The van der Waals surface area contributed by atoms with E-state index in [0.717, 1.165) is 32.7 Å². The Morgan fingerprint density at radius 1 is 1.00 bits per heavy atom. The molecule has 1 aromatic heterocycles. The molecule has 1 aliphatic rings. The van der Waals surface area contributed by atoms with Crippen LogP contribution in [0.15, 0.2) is 96.0 Å². The lowest BCUT2D eigenvalue weighted by molar-refractivity contribution is -0.125. The van der Waals surface area contributed by atoms with Crippen LogP contribution in [0.1, 0.15) is 11.3 Å². The number of benzene rings is 3. The minimum Gasteiger partial charge on any atom is -0.353 e. The molecule has 32 heavy (non-hydrogen) atoms. The molecule has 0 radical (unpaired) electrons. The molecular formula is C26H19ClN2O2S. The van der Waals surface area contributed by atoms with Gasteiger partial charge in [-0.05, 0) is 42.0 Å². The minimum atomic E-state index is -0.627. The Labute approximate surface area is 195 Å². The van der Waals surface area contributed by atoms with Crippen LogP contribution in [-0.4, -0.2) is 16.3 Å². The number of pyridine rings is 1. The number of amides is 1. The second-order valence-electron chi connectivity index (χ2n) is 7.31. The molecule has 0 aliphatic carbocycles. The molecule has 1 aliphatic heterocycles. The highest BCUT2D eigenvalue weighted by Crippen LogP contribution is 2.40. The SMILES string of the molecule is O=C1C(OCc2ccccc2)Sc2ccccc2N1C=Cc1ccc2ccc(Cl)cc2n1. The summed E-state index contributed by atoms with van der Waals surface area (Å²) in [5, 5.41) is 1.65. The van der Waals surface area contributed by atoms with E-state index in [0.29, 0.717) is 11.6 Å². The molecule has 0 saturated heterocycles. The van der Waals surface area contributed by atoms with Crippen LogP contribution in [0, 0.1) is 0 Å². The Hall–Kier alpha value is -3.12. The largest absolute Gasteiger partial charge is 0.353 e. The smallest absolute Gasteiger partial charge is 0.271 e. The predicted molar refractivity (Wildman–Crippen MR) is 131 cm³/mol. The molecule has 0 bridgehead atoms. The molecule has 0 spiro atoms. The van der Waals surface area contributed by atoms with Gasteiger partial charge >= 0.3 is 0 Å². The van der Waals surface area contributed by atoms with Crippen molar-refractivity contribution >= 4 is 51.9 Å². The van der Waals surface area contributed by atoms with Gasteiger partial charge < -0.3 is 4.74 Å². The van der Waals surface area contributed by atoms with Gasteiger partial charge in [0.1, 0.15) is 0 Å². The van der Waals surface area contributed by atoms with Crippen LogP contribution in [0.4, 0.5) is 5.69 Å². The van der Waals surface area contributed by atoms with E-state index in [1.54, 1.807) is 11.1 Å². The number of hydrogen-bond donors (Lipinski definition) is 0. The molecule has 4 aromatic rings. The van der Waals surface area contributed by atoms with Crippen molar-refractivity contribution in [3.8, 4) is 0 Å². The summed E-state index contributed by atoms with van der Waals surface area (Å²) in [7, 11) is 0. The number of para-hydroxylation sites is 1. The average Bonchev–Trinajstić information content (AvgIpc) is 2.82. The summed E-state index contributed by atoms with van der Waals surface area (Å²) >= 11 is 7.54. The van der Waals surface area contributed by atoms with E-state index in [9.17, 15) is 4.79 Å². The first-order valence-corrected chi connectivity index (χ1v) is 11.4. The number of nitrogens with zero attached hydrogens (tertiary/aromatic N) is 2. The number of carbonyl (C=O) groups excluding carboxylic acids is 1. The van der Waals surface area contributed by atoms with Crippen LogP contribution in [0.5, 0.6) is 0 Å². The second-order valence-corrected chi connectivity index (χ2v) is 8.85. The van der Waals surface area contributed by atoms with E-state index in [4.69, 9.17) is 16.3 Å². The van der Waals surface area contributed by atoms with Crippen LogP contribution in [0.25, 0.3) is 17.0 Å². The van der Waals surface area contributed by atoms with Crippen LogP contribution < -0.4 is 4.90 Å². The topological polar surface area (TPSA) is 42.4 Å². The monoisotopic (exact) mass is 458 g/mol. The lowest BCUT2D eigenvalue weighted by atomic mass is 10.2. The Morgan fingerprint density at radius 2 is 1.78 bits per heavy atom. The zero-order valence-electron chi connectivity index (χ0n) is 17.0. The van der Waals surface area contributed by atoms with Gasteiger partial charge in [-0.15, -0.1) is 0 Å². The van der Waals surface area contributed by atoms with E-state index in [1.807, 2.05) is 91.0 Å². The Morgan fingerprint density at radius 3 is 2.66 bits per heavy atom. The number of halogens is 1. The molecule has 1 atom stereocenters. The van der Waals surface area contributed by atoms with Crippen molar-refractivity contribution in [3.05, 3.63) is 107 Å². The normalized spacial score (nSPS) is 16.0. The van der Waals surface area contributed by atoms with Gasteiger partial charge in [0, 0.05) is 21.5 Å². The fraction of sp³-hybridized carbons (Fsp3) is 0.0769. The first-order valence-electron chi connectivity index (χ1n) is 10.2. The molecule has 6 heteroatoms. The predicted octanol–water partition coefficient (Wildman–Crippen LogP) is 6.54. The maximum absolute atomic E-state index is 13.3. The average molecular weight is 459 g/mol. The van der Waals surface area contributed by atoms with E-state index >= 15 is 0 Å². The summed E-state index contributed by atoms with van der Waals surface area (Å²) < 4.78 is 6.00. The summed E-state index contributed by atoms with van der Waals surface area (Å²) in [5.41, 5.74) is 2.79. The van der Waals surface area contributed by atoms with Crippen molar-refractivity contribution in [1.82, 2.24) is 4.98 Å². The number of rotatable bonds is 5. The van der Waals surface area contributed by atoms with Crippen molar-refractivity contribution < 1.29 is 9.53 Å². The number of carbonyl (C=O) groups is 1. The molecule has 1 amide bonds. The summed E-state index contributed by atoms with van der Waals surface area (Å²) in [6.45, 7) is 0.372. The van der Waals surface area contributed by atoms with Gasteiger partial charge in [0.15, 0.2) is 5.44 Å². The quantitative estimate of drug-likeness (QED) is 0.340. The van der Waals surface area contributed by atoms with Crippen molar-refractivity contribution in [2.24, 2.45) is 0 Å². The first kappa shape index (κ1) is 20.8. The Balaban J connectivity index is 1.41. The fourth-order valence-electron chi connectivity index (χ4n) is 3.51. The zero-order valence-corrected chi connectivity index (χ0v) is 18.6. The second kappa shape index (κ2) is 9.17. The van der Waals surface area contributed by atoms with Gasteiger partial charge in [-0.25, -0.2) is 4.98 Å². The van der Waals surface area contributed by atoms with Crippen molar-refractivity contribution in [1.29, 1.82) is 0 Å². The van der Waals surface area contributed by atoms with E-state index in [1.165, 1.54) is 11.8 Å². The molecule has 5 rings (SSSR count). The molecular weight excluding hydrogens is 440 g/mol. The summed E-state index contributed by atoms with van der Waals surface area (Å²) in [4.78, 5) is 20.6. The molecule has 158 valence electrons. The molecule has 0 saturated carbocycles. The minimum absolute atomic E-state index is 0.121. The maximum Gasteiger partial charge on any atom is 0.271 e. The van der Waals surface area contributed by atoms with Gasteiger partial charge in [-0.3, -0.25) is 9.69 Å². The van der Waals surface area contributed by atoms with Gasteiger partial charge in [-0.1, -0.05) is 78.0 Å². The highest BCUT2D eigenvalue weighted by molar-refractivity contribution is 8.00. The molecule has 0 fully saturated rings. The van der Waals surface area contributed by atoms with Gasteiger partial charge in [-0.2, -0.15) is 0 Å². The van der Waals surface area contributed by atoms with Crippen LogP contribution >= 0.6 is 23.4 Å². The van der Waals surface area contributed by atoms with Crippen molar-refractivity contribution in [3.63, 3.8) is 0 Å². The lowest BCUT2D eigenvalue weighted by Gasteiger charge is -2.31. The first-order chi connectivity index (χ1) is 15.7. The number of hydrogen-bond acceptors (Lipinski definition) is 4. The molecule has 1 unspecified atom stereocenters. The molecule has 0 N–H and O–H groups in total. The Bertz CT molecular complexity index is 1310. The third-order valence-corrected chi connectivity index (χ3v) is 6.50. The van der Waals surface area contributed by atoms with Gasteiger partial charge in [0.25, 0.3) is 5.91 Å². The number of ether oxygens (including phenoxy) is 1. The molecule has 3 aromatic carbocycles. The third-order valence-electron chi connectivity index (χ3n) is 5.11. The van der Waals surface area contributed by atoms with Crippen LogP contribution in [0.3, 0.4) is 0 Å². The van der Waals surface area contributed by atoms with Gasteiger partial charge in [0.05, 0.1) is 23.5 Å². The number of fused-ring (bicyclic) bond motifs is 2. The Kier molecular flexibility index (Phi) is 5.95. The standard InChI is InChI=1S/C26H19ClN2O2S/c27-20-12-10-19-11-13-21(28-22(19)16-20)14-15-29-23-8-4-5-9-24(23)32-26(25(29)30)31-17-18-6-2-1-3-7-18/h1-16,26H,17H2. The summed E-state index contributed by atoms with van der Waals surface area (Å²) in [6.07, 6.45) is 3.59. The van der Waals surface area contributed by atoms with Crippen molar-refractivity contribution in [2.75, 3.05) is 4.90 Å². The molecule has 2 heterocycles. The maximum atomic E-state index is 13.3. The fourth-order valence-corrected chi connectivity index (χ4v) is 4.70. The highest BCUT2D eigenvalue weighted by Gasteiger charge is 2.33. The van der Waals surface area contributed by atoms with E-state index in [-0.39, 0.29) is 5.91 Å². The zero-order chi connectivity index (χ0) is 21.9. The van der Waals surface area contributed by atoms with E-state index in [2.05, 4.69) is 4.98 Å². The summed E-state index contributed by atoms with van der Waals surface area (Å²) in [6, 6.07) is 27.2. The lowest BCUT2D eigenvalue weighted by Crippen LogP contribution is -2.38. The third kappa shape index (κ3) is 4.41. The number of aromatic nitrogens is 1. The van der Waals surface area contributed by atoms with Gasteiger partial charge in [0.2, 0.25) is 0 Å². The number of thioether (sulfide) groups is 1. The van der Waals surface area contributed by atoms with Crippen LogP contribution in [-0.2, 0) is 16.1 Å².